The highest BCUT2D eigenvalue weighted by molar-refractivity contribution is 8.26. The fourth-order valence-corrected chi connectivity index (χ4v) is 7.36. The van der Waals surface area contributed by atoms with Crippen LogP contribution in [0.2, 0.25) is 0 Å². The summed E-state index contributed by atoms with van der Waals surface area (Å²) in [6.07, 6.45) is 3.81. The summed E-state index contributed by atoms with van der Waals surface area (Å²) in [5, 5.41) is 4.69. The molecule has 2 aliphatic rings. The average Bonchev–Trinajstić information content (AvgIpc) is 3.51. The Balaban J connectivity index is 1.55. The van der Waals surface area contributed by atoms with Crippen LogP contribution in [-0.4, -0.2) is 57.5 Å². The molecule has 2 aromatic carbocycles. The third-order valence-electron chi connectivity index (χ3n) is 5.95. The highest BCUT2D eigenvalue weighted by atomic mass is 32.2. The number of thioether (sulfide) groups is 1. The number of para-hydroxylation sites is 1. The molecule has 1 aromatic heterocycles. The van der Waals surface area contributed by atoms with Crippen molar-refractivity contribution in [3.63, 3.8) is 0 Å². The Morgan fingerprint density at radius 3 is 2.69 bits per heavy atom. The molecule has 2 aliphatic heterocycles. The smallest absolute Gasteiger partial charge is 0.266 e. The average molecular weight is 544 g/mol. The molecule has 2 saturated heterocycles. The van der Waals surface area contributed by atoms with Crippen molar-refractivity contribution in [2.45, 2.75) is 19.4 Å². The maximum absolute atomic E-state index is 14.7. The summed E-state index contributed by atoms with van der Waals surface area (Å²) in [4.78, 5) is 15.0. The second-order valence-corrected chi connectivity index (χ2v) is 12.3. The number of carbonyl (C=O) groups excluding carboxylic acids is 1. The van der Waals surface area contributed by atoms with Crippen LogP contribution in [-0.2, 0) is 14.6 Å². The first kappa shape index (κ1) is 24.7. The number of nitrogens with zero attached hydrogens (tertiary/aromatic N) is 3. The van der Waals surface area contributed by atoms with Gasteiger partial charge in [0.15, 0.2) is 21.4 Å². The first-order chi connectivity index (χ1) is 17.3. The molecule has 186 valence electrons. The minimum atomic E-state index is -3.18. The van der Waals surface area contributed by atoms with Gasteiger partial charge in [0.2, 0.25) is 0 Å². The van der Waals surface area contributed by atoms with E-state index in [9.17, 15) is 17.6 Å². The van der Waals surface area contributed by atoms with E-state index in [-0.39, 0.29) is 23.2 Å². The summed E-state index contributed by atoms with van der Waals surface area (Å²) in [5.74, 6) is -0.732. The van der Waals surface area contributed by atoms with Crippen molar-refractivity contribution in [2.75, 3.05) is 18.1 Å². The Morgan fingerprint density at radius 2 is 2.03 bits per heavy atom. The van der Waals surface area contributed by atoms with E-state index in [2.05, 4.69) is 5.10 Å². The number of hydrogen-bond donors (Lipinski definition) is 0. The molecule has 2 fully saturated rings. The van der Waals surface area contributed by atoms with Crippen LogP contribution < -0.4 is 4.74 Å². The van der Waals surface area contributed by atoms with Gasteiger partial charge < -0.3 is 4.74 Å². The van der Waals surface area contributed by atoms with Crippen molar-refractivity contribution in [2.24, 2.45) is 0 Å². The van der Waals surface area contributed by atoms with Crippen LogP contribution >= 0.6 is 24.0 Å². The topological polar surface area (TPSA) is 81.5 Å². The Labute approximate surface area is 217 Å². The van der Waals surface area contributed by atoms with Gasteiger partial charge in [-0.1, -0.05) is 42.2 Å². The van der Waals surface area contributed by atoms with Crippen molar-refractivity contribution in [3.05, 3.63) is 71.0 Å². The monoisotopic (exact) mass is 543 g/mol. The summed E-state index contributed by atoms with van der Waals surface area (Å²) in [6, 6.07) is 13.6. The quantitative estimate of drug-likeness (QED) is 0.335. The SMILES string of the molecule is CCOc1ccc(-c2nn(-c3ccccc3)cc2/C=C2\SC(=S)N([C@@H]3CCS(=O)(=O)C3)C2=O)cc1F. The lowest BCUT2D eigenvalue weighted by atomic mass is 10.1. The fourth-order valence-electron chi connectivity index (χ4n) is 4.27. The lowest BCUT2D eigenvalue weighted by molar-refractivity contribution is -0.123. The molecule has 5 rings (SSSR count). The van der Waals surface area contributed by atoms with Crippen LogP contribution in [0, 0.1) is 5.82 Å². The van der Waals surface area contributed by atoms with Crippen LogP contribution in [0.25, 0.3) is 23.0 Å². The molecule has 0 N–H and O–H groups in total. The van der Waals surface area contributed by atoms with Gasteiger partial charge in [-0.25, -0.2) is 17.5 Å². The molecule has 3 aromatic rings. The molecule has 7 nitrogen and oxygen atoms in total. The van der Waals surface area contributed by atoms with Crippen LogP contribution in [0.3, 0.4) is 0 Å². The number of hydrogen-bond acceptors (Lipinski definition) is 7. The number of thiocarbonyl (C=S) groups is 1. The number of halogens is 1. The molecule has 0 radical (unpaired) electrons. The Bertz CT molecular complexity index is 1490. The van der Waals surface area contributed by atoms with Gasteiger partial charge >= 0.3 is 0 Å². The summed E-state index contributed by atoms with van der Waals surface area (Å²) in [5.41, 5.74) is 2.40. The van der Waals surface area contributed by atoms with E-state index in [1.807, 2.05) is 30.3 Å². The molecule has 1 amide bonds. The molecule has 0 spiro atoms. The van der Waals surface area contributed by atoms with Crippen LogP contribution in [0.1, 0.15) is 18.9 Å². The second kappa shape index (κ2) is 9.79. The molecular weight excluding hydrogens is 521 g/mol. The number of amides is 1. The maximum Gasteiger partial charge on any atom is 0.266 e. The molecule has 1 atom stereocenters. The zero-order chi connectivity index (χ0) is 25.4. The van der Waals surface area contributed by atoms with E-state index in [1.54, 1.807) is 36.0 Å². The van der Waals surface area contributed by atoms with E-state index in [0.717, 1.165) is 17.4 Å². The van der Waals surface area contributed by atoms with Gasteiger partial charge in [0.25, 0.3) is 5.91 Å². The van der Waals surface area contributed by atoms with Gasteiger partial charge in [-0.05, 0) is 49.8 Å². The zero-order valence-corrected chi connectivity index (χ0v) is 21.7. The standard InChI is InChI=1S/C25H22FN3O4S3/c1-2-33-21-9-8-16(12-20(21)26)23-17(14-28(27-23)18-6-4-3-5-7-18)13-22-24(30)29(25(34)35-22)19-10-11-36(31,32)15-19/h3-9,12-14,19H,2,10-11,15H2,1H3/b22-13-/t19-/m1/s1. The number of sulfone groups is 1. The van der Waals surface area contributed by atoms with E-state index >= 15 is 0 Å². The molecule has 0 bridgehead atoms. The predicted molar refractivity (Wildman–Crippen MR) is 142 cm³/mol. The van der Waals surface area contributed by atoms with Crippen molar-refractivity contribution in [3.8, 4) is 22.7 Å². The van der Waals surface area contributed by atoms with Gasteiger partial charge in [0.05, 0.1) is 34.7 Å². The molecule has 11 heteroatoms. The molecule has 0 unspecified atom stereocenters. The number of rotatable bonds is 6. The summed E-state index contributed by atoms with van der Waals surface area (Å²) < 4.78 is 45.9. The van der Waals surface area contributed by atoms with Crippen LogP contribution in [0.4, 0.5) is 4.39 Å². The van der Waals surface area contributed by atoms with Gasteiger partial charge in [-0.15, -0.1) is 0 Å². The molecule has 0 saturated carbocycles. The lowest BCUT2D eigenvalue weighted by Crippen LogP contribution is -2.39. The predicted octanol–water partition coefficient (Wildman–Crippen LogP) is 4.47. The number of carbonyl (C=O) groups is 1. The van der Waals surface area contributed by atoms with Crippen molar-refractivity contribution < 1.29 is 22.3 Å². The molecule has 36 heavy (non-hydrogen) atoms. The Morgan fingerprint density at radius 1 is 1.25 bits per heavy atom. The number of aromatic nitrogens is 2. The van der Waals surface area contributed by atoms with E-state index in [1.165, 1.54) is 11.0 Å². The van der Waals surface area contributed by atoms with Crippen molar-refractivity contribution >= 4 is 50.1 Å². The molecule has 0 aliphatic carbocycles. The fraction of sp³-hybridized carbons (Fsp3) is 0.240. The summed E-state index contributed by atoms with van der Waals surface area (Å²) in [7, 11) is -3.18. The van der Waals surface area contributed by atoms with Gasteiger partial charge in [-0.2, -0.15) is 5.10 Å². The number of ether oxygens (including phenoxy) is 1. The maximum atomic E-state index is 14.7. The van der Waals surface area contributed by atoms with Crippen molar-refractivity contribution in [1.82, 2.24) is 14.7 Å². The number of benzene rings is 2. The summed E-state index contributed by atoms with van der Waals surface area (Å²) >= 11 is 6.56. The van der Waals surface area contributed by atoms with E-state index in [0.29, 0.717) is 39.1 Å². The minimum Gasteiger partial charge on any atom is -0.491 e. The largest absolute Gasteiger partial charge is 0.491 e. The van der Waals surface area contributed by atoms with Crippen LogP contribution in [0.15, 0.2) is 59.6 Å². The normalized spacial score (nSPS) is 20.4. The molecular formula is C25H22FN3O4S3. The Kier molecular flexibility index (Phi) is 6.71. The van der Waals surface area contributed by atoms with E-state index < -0.39 is 21.7 Å². The van der Waals surface area contributed by atoms with Crippen LogP contribution in [0.5, 0.6) is 5.75 Å². The first-order valence-electron chi connectivity index (χ1n) is 11.3. The highest BCUT2D eigenvalue weighted by Crippen LogP contribution is 2.38. The molecule has 3 heterocycles. The lowest BCUT2D eigenvalue weighted by Gasteiger charge is -2.20. The second-order valence-electron chi connectivity index (χ2n) is 8.40. The van der Waals surface area contributed by atoms with Crippen molar-refractivity contribution in [1.29, 1.82) is 0 Å². The van der Waals surface area contributed by atoms with E-state index in [4.69, 9.17) is 17.0 Å². The minimum absolute atomic E-state index is 0.0467. The van der Waals surface area contributed by atoms with Gasteiger partial charge in [-0.3, -0.25) is 9.69 Å². The first-order valence-corrected chi connectivity index (χ1v) is 14.4. The zero-order valence-electron chi connectivity index (χ0n) is 19.3. The third-order valence-corrected chi connectivity index (χ3v) is 9.03. The third kappa shape index (κ3) is 4.82. The summed E-state index contributed by atoms with van der Waals surface area (Å²) in [6.45, 7) is 2.12. The Hall–Kier alpha value is -3.02. The highest BCUT2D eigenvalue weighted by Gasteiger charge is 2.42. The van der Waals surface area contributed by atoms with Gasteiger partial charge in [0.1, 0.15) is 10.0 Å². The van der Waals surface area contributed by atoms with Gasteiger partial charge in [0, 0.05) is 17.3 Å².